The Morgan fingerprint density at radius 3 is 2.50 bits per heavy atom. The fourth-order valence-corrected chi connectivity index (χ4v) is 1.35. The number of rotatable bonds is 1. The number of azide groups is 1. The molecule has 1 amide bonds. The second kappa shape index (κ2) is 4.57. The van der Waals surface area contributed by atoms with Crippen molar-refractivity contribution in [3.8, 4) is 0 Å². The second-order valence-corrected chi connectivity index (χ2v) is 2.85. The van der Waals surface area contributed by atoms with Crippen molar-refractivity contribution in [1.29, 1.82) is 0 Å². The molecule has 4 heteroatoms. The van der Waals surface area contributed by atoms with Crippen molar-refractivity contribution in [1.82, 2.24) is 0 Å². The molecule has 1 aliphatic rings. The molecule has 0 atom stereocenters. The highest BCUT2D eigenvalue weighted by Crippen LogP contribution is 2.19. The summed E-state index contributed by atoms with van der Waals surface area (Å²) in [6.07, 6.45) is 7.60. The van der Waals surface area contributed by atoms with E-state index in [-0.39, 0.29) is 11.8 Å². The van der Waals surface area contributed by atoms with Crippen LogP contribution in [0.2, 0.25) is 0 Å². The molecule has 0 fully saturated rings. The Labute approximate surface area is 70.9 Å². The highest BCUT2D eigenvalue weighted by Gasteiger charge is 2.16. The van der Waals surface area contributed by atoms with E-state index in [9.17, 15) is 4.79 Å². The van der Waals surface area contributed by atoms with E-state index in [1.165, 1.54) is 0 Å². The van der Waals surface area contributed by atoms with Crippen molar-refractivity contribution >= 4 is 5.91 Å². The highest BCUT2D eigenvalue weighted by atomic mass is 16.1. The lowest BCUT2D eigenvalue weighted by Gasteiger charge is -2.07. The number of carbonyl (C=O) groups is 1. The summed E-state index contributed by atoms with van der Waals surface area (Å²) in [4.78, 5) is 13.6. The lowest BCUT2D eigenvalue weighted by molar-refractivity contribution is -0.122. The fourth-order valence-electron chi connectivity index (χ4n) is 1.35. The van der Waals surface area contributed by atoms with Crippen molar-refractivity contribution in [3.63, 3.8) is 0 Å². The first-order valence-corrected chi connectivity index (χ1v) is 4.08. The van der Waals surface area contributed by atoms with Gasteiger partial charge in [-0.2, -0.15) is 0 Å². The average Bonchev–Trinajstić information content (AvgIpc) is 2.32. The summed E-state index contributed by atoms with van der Waals surface area (Å²) >= 11 is 0. The van der Waals surface area contributed by atoms with Gasteiger partial charge < -0.3 is 0 Å². The molecule has 0 saturated heterocycles. The van der Waals surface area contributed by atoms with Crippen LogP contribution in [0.4, 0.5) is 0 Å². The summed E-state index contributed by atoms with van der Waals surface area (Å²) in [6.45, 7) is 0. The van der Waals surface area contributed by atoms with E-state index in [2.05, 4.69) is 22.2 Å². The van der Waals surface area contributed by atoms with E-state index in [1.54, 1.807) is 0 Å². The van der Waals surface area contributed by atoms with Gasteiger partial charge in [0.15, 0.2) is 0 Å². The zero-order chi connectivity index (χ0) is 8.81. The van der Waals surface area contributed by atoms with Crippen molar-refractivity contribution in [2.45, 2.75) is 25.7 Å². The molecule has 0 spiro atoms. The van der Waals surface area contributed by atoms with Crippen molar-refractivity contribution in [2.24, 2.45) is 11.0 Å². The zero-order valence-electron chi connectivity index (χ0n) is 6.81. The first-order valence-electron chi connectivity index (χ1n) is 4.08. The molecular weight excluding hydrogens is 154 g/mol. The normalized spacial score (nSPS) is 18.0. The molecule has 4 nitrogen and oxygen atoms in total. The van der Waals surface area contributed by atoms with Gasteiger partial charge in [0, 0.05) is 10.8 Å². The fraction of sp³-hybridized carbons (Fsp3) is 0.625. The van der Waals surface area contributed by atoms with Gasteiger partial charge in [-0.1, -0.05) is 12.2 Å². The summed E-state index contributed by atoms with van der Waals surface area (Å²) in [5, 5.41) is 3.10. The highest BCUT2D eigenvalue weighted by molar-refractivity contribution is 5.79. The van der Waals surface area contributed by atoms with Crippen molar-refractivity contribution in [2.75, 3.05) is 0 Å². The standard InChI is InChI=1S/C8H11N3O/c9-11-10-8(12)7-5-3-1-2-4-6-7/h1-2,7H,3-6H2. The van der Waals surface area contributed by atoms with Gasteiger partial charge in [-0.05, 0) is 36.3 Å². The molecule has 1 rings (SSSR count). The van der Waals surface area contributed by atoms with Crippen LogP contribution >= 0.6 is 0 Å². The predicted octanol–water partition coefficient (Wildman–Crippen LogP) is 2.57. The molecule has 0 aromatic rings. The van der Waals surface area contributed by atoms with Crippen LogP contribution in [-0.2, 0) is 4.79 Å². The Hall–Kier alpha value is -1.28. The second-order valence-electron chi connectivity index (χ2n) is 2.85. The molecule has 12 heavy (non-hydrogen) atoms. The Kier molecular flexibility index (Phi) is 3.35. The van der Waals surface area contributed by atoms with Crippen LogP contribution in [0, 0.1) is 5.92 Å². The minimum atomic E-state index is -0.304. The number of carbonyl (C=O) groups excluding carboxylic acids is 1. The summed E-state index contributed by atoms with van der Waals surface area (Å²) in [5.41, 5.74) is 8.06. The third-order valence-electron chi connectivity index (χ3n) is 2.02. The maximum atomic E-state index is 11.1. The number of amides is 1. The van der Waals surface area contributed by atoms with Gasteiger partial charge in [-0.3, -0.25) is 4.79 Å². The van der Waals surface area contributed by atoms with Crippen molar-refractivity contribution < 1.29 is 4.79 Å². The maximum Gasteiger partial charge on any atom is 0.222 e. The molecule has 0 aromatic carbocycles. The van der Waals surface area contributed by atoms with E-state index < -0.39 is 0 Å². The van der Waals surface area contributed by atoms with Crippen LogP contribution < -0.4 is 0 Å². The third kappa shape index (κ3) is 2.40. The molecule has 0 aliphatic heterocycles. The number of allylic oxidation sites excluding steroid dienone is 2. The molecule has 0 heterocycles. The summed E-state index contributed by atoms with van der Waals surface area (Å²) in [6, 6.07) is 0. The van der Waals surface area contributed by atoms with E-state index in [1.807, 2.05) is 0 Å². The Bertz CT molecular complexity index is 231. The van der Waals surface area contributed by atoms with E-state index in [4.69, 9.17) is 5.53 Å². The molecule has 1 aliphatic carbocycles. The van der Waals surface area contributed by atoms with Gasteiger partial charge in [0.25, 0.3) is 0 Å². The van der Waals surface area contributed by atoms with Crippen LogP contribution in [0.1, 0.15) is 25.7 Å². The van der Waals surface area contributed by atoms with Crippen LogP contribution in [0.3, 0.4) is 0 Å². The summed E-state index contributed by atoms with van der Waals surface area (Å²) in [7, 11) is 0. The monoisotopic (exact) mass is 165 g/mol. The minimum absolute atomic E-state index is 0.0594. The Balaban J connectivity index is 2.51. The molecule has 0 unspecified atom stereocenters. The molecule has 0 bridgehead atoms. The van der Waals surface area contributed by atoms with Gasteiger partial charge in [0.2, 0.25) is 5.91 Å². The summed E-state index contributed by atoms with van der Waals surface area (Å²) < 4.78 is 0. The smallest absolute Gasteiger partial charge is 0.222 e. The zero-order valence-corrected chi connectivity index (χ0v) is 6.81. The van der Waals surface area contributed by atoms with Crippen molar-refractivity contribution in [3.05, 3.63) is 22.6 Å². The topological polar surface area (TPSA) is 65.8 Å². The lowest BCUT2D eigenvalue weighted by atomic mass is 10.00. The van der Waals surface area contributed by atoms with Crippen LogP contribution in [0.5, 0.6) is 0 Å². The van der Waals surface area contributed by atoms with Gasteiger partial charge in [-0.25, -0.2) is 0 Å². The minimum Gasteiger partial charge on any atom is -0.292 e. The molecule has 64 valence electrons. The molecule has 0 aromatic heterocycles. The van der Waals surface area contributed by atoms with Gasteiger partial charge in [0.05, 0.1) is 0 Å². The van der Waals surface area contributed by atoms with Gasteiger partial charge in [-0.15, -0.1) is 0 Å². The molecule has 0 radical (unpaired) electrons. The van der Waals surface area contributed by atoms with Crippen LogP contribution in [0.25, 0.3) is 10.4 Å². The largest absolute Gasteiger partial charge is 0.292 e. The van der Waals surface area contributed by atoms with Gasteiger partial charge >= 0.3 is 0 Å². The van der Waals surface area contributed by atoms with Gasteiger partial charge in [0.1, 0.15) is 0 Å². The van der Waals surface area contributed by atoms with Crippen LogP contribution in [-0.4, -0.2) is 5.91 Å². The molecule has 0 N–H and O–H groups in total. The van der Waals surface area contributed by atoms with E-state index >= 15 is 0 Å². The maximum absolute atomic E-state index is 11.1. The predicted molar refractivity (Wildman–Crippen MR) is 45.3 cm³/mol. The number of hydrogen-bond donors (Lipinski definition) is 0. The van der Waals surface area contributed by atoms with E-state index in [0.29, 0.717) is 0 Å². The Morgan fingerprint density at radius 1 is 1.42 bits per heavy atom. The average molecular weight is 165 g/mol. The Morgan fingerprint density at radius 2 is 2.00 bits per heavy atom. The summed E-state index contributed by atoms with van der Waals surface area (Å²) in [5.74, 6) is -0.364. The quantitative estimate of drug-likeness (QED) is 0.255. The number of nitrogens with zero attached hydrogens (tertiary/aromatic N) is 3. The lowest BCUT2D eigenvalue weighted by Crippen LogP contribution is -2.10. The third-order valence-corrected chi connectivity index (χ3v) is 2.02. The number of hydrogen-bond acceptors (Lipinski definition) is 1. The SMILES string of the molecule is [N-]=[N+]=NC(=O)C1CCC=CCC1. The first-order chi connectivity index (χ1) is 5.84. The molecular formula is C8H11N3O. The first kappa shape index (κ1) is 8.81. The van der Waals surface area contributed by atoms with Crippen LogP contribution in [0.15, 0.2) is 17.3 Å². The van der Waals surface area contributed by atoms with E-state index in [0.717, 1.165) is 25.7 Å². The molecule has 0 saturated carbocycles.